The van der Waals surface area contributed by atoms with Crippen molar-refractivity contribution in [3.63, 3.8) is 0 Å². The Morgan fingerprint density at radius 1 is 1.13 bits per heavy atom. The first-order valence-electron chi connectivity index (χ1n) is 7.59. The quantitative estimate of drug-likeness (QED) is 0.893. The zero-order valence-electron chi connectivity index (χ0n) is 12.8. The van der Waals surface area contributed by atoms with Crippen molar-refractivity contribution in [3.05, 3.63) is 29.8 Å². The SMILES string of the molecule is CS(=O)(=O)c1ccc(C(=O)N2C[C@@H](C(=O)O)[C@H](C3CC3)C2)cc1. The third-order valence-electron chi connectivity index (χ3n) is 4.73. The zero-order valence-corrected chi connectivity index (χ0v) is 13.6. The van der Waals surface area contributed by atoms with Crippen LogP contribution in [-0.4, -0.2) is 49.6 Å². The van der Waals surface area contributed by atoms with Gasteiger partial charge in [-0.25, -0.2) is 8.42 Å². The van der Waals surface area contributed by atoms with Crippen molar-refractivity contribution in [1.82, 2.24) is 4.90 Å². The molecule has 1 aromatic rings. The second kappa shape index (κ2) is 5.63. The molecule has 2 atom stereocenters. The van der Waals surface area contributed by atoms with Crippen LogP contribution >= 0.6 is 0 Å². The van der Waals surface area contributed by atoms with Crippen LogP contribution in [0.5, 0.6) is 0 Å². The number of benzene rings is 1. The molecule has 23 heavy (non-hydrogen) atoms. The average molecular weight is 337 g/mol. The minimum Gasteiger partial charge on any atom is -0.481 e. The number of carboxylic acid groups (broad SMARTS) is 1. The molecule has 1 saturated heterocycles. The summed E-state index contributed by atoms with van der Waals surface area (Å²) >= 11 is 0. The molecule has 1 aliphatic heterocycles. The molecule has 2 aliphatic rings. The van der Waals surface area contributed by atoms with Gasteiger partial charge < -0.3 is 10.0 Å². The van der Waals surface area contributed by atoms with Crippen LogP contribution in [0, 0.1) is 17.8 Å². The van der Waals surface area contributed by atoms with Gasteiger partial charge in [0.1, 0.15) is 0 Å². The summed E-state index contributed by atoms with van der Waals surface area (Å²) in [6.45, 7) is 0.692. The van der Waals surface area contributed by atoms with Crippen LogP contribution in [-0.2, 0) is 14.6 Å². The first kappa shape index (κ1) is 16.0. The molecule has 3 rings (SSSR count). The van der Waals surface area contributed by atoms with E-state index >= 15 is 0 Å². The van der Waals surface area contributed by atoms with Gasteiger partial charge in [0.25, 0.3) is 5.91 Å². The van der Waals surface area contributed by atoms with Crippen molar-refractivity contribution < 1.29 is 23.1 Å². The van der Waals surface area contributed by atoms with Crippen LogP contribution < -0.4 is 0 Å². The number of likely N-dealkylation sites (tertiary alicyclic amines) is 1. The number of rotatable bonds is 4. The molecule has 0 aromatic heterocycles. The van der Waals surface area contributed by atoms with Crippen LogP contribution in [0.25, 0.3) is 0 Å². The Labute approximate surface area is 135 Å². The predicted molar refractivity (Wildman–Crippen MR) is 82.8 cm³/mol. The van der Waals surface area contributed by atoms with E-state index < -0.39 is 21.7 Å². The minimum absolute atomic E-state index is 0.0340. The van der Waals surface area contributed by atoms with Crippen LogP contribution in [0.15, 0.2) is 29.2 Å². The van der Waals surface area contributed by atoms with E-state index in [1.54, 1.807) is 4.90 Å². The number of sulfone groups is 1. The van der Waals surface area contributed by atoms with Gasteiger partial charge in [-0.15, -0.1) is 0 Å². The molecule has 0 spiro atoms. The topological polar surface area (TPSA) is 91.8 Å². The molecule has 1 aliphatic carbocycles. The van der Waals surface area contributed by atoms with Crippen LogP contribution in [0.4, 0.5) is 0 Å². The molecule has 1 aromatic carbocycles. The Kier molecular flexibility index (Phi) is 3.91. The Morgan fingerprint density at radius 3 is 2.22 bits per heavy atom. The molecule has 0 radical (unpaired) electrons. The van der Waals surface area contributed by atoms with Gasteiger partial charge in [-0.3, -0.25) is 9.59 Å². The fraction of sp³-hybridized carbons (Fsp3) is 0.500. The first-order chi connectivity index (χ1) is 10.8. The maximum absolute atomic E-state index is 12.5. The first-order valence-corrected chi connectivity index (χ1v) is 9.48. The van der Waals surface area contributed by atoms with Gasteiger partial charge in [-0.2, -0.15) is 0 Å². The van der Waals surface area contributed by atoms with Crippen molar-refractivity contribution in [2.24, 2.45) is 17.8 Å². The van der Waals surface area contributed by atoms with Crippen molar-refractivity contribution in [2.75, 3.05) is 19.3 Å². The summed E-state index contributed by atoms with van der Waals surface area (Å²) in [5.74, 6) is -1.13. The molecule has 0 bridgehead atoms. The van der Waals surface area contributed by atoms with E-state index in [1.807, 2.05) is 0 Å². The van der Waals surface area contributed by atoms with Crippen molar-refractivity contribution >= 4 is 21.7 Å². The molecule has 124 valence electrons. The van der Waals surface area contributed by atoms with Gasteiger partial charge in [0, 0.05) is 24.9 Å². The van der Waals surface area contributed by atoms with Gasteiger partial charge in [0.05, 0.1) is 10.8 Å². The number of carbonyl (C=O) groups excluding carboxylic acids is 1. The lowest BCUT2D eigenvalue weighted by molar-refractivity contribution is -0.142. The molecule has 6 nitrogen and oxygen atoms in total. The second-order valence-corrected chi connectivity index (χ2v) is 8.47. The Hall–Kier alpha value is -1.89. The van der Waals surface area contributed by atoms with E-state index in [-0.39, 0.29) is 23.3 Å². The highest BCUT2D eigenvalue weighted by Crippen LogP contribution is 2.44. The van der Waals surface area contributed by atoms with Crippen molar-refractivity contribution in [1.29, 1.82) is 0 Å². The average Bonchev–Trinajstić information content (AvgIpc) is 3.24. The third-order valence-corrected chi connectivity index (χ3v) is 5.85. The van der Waals surface area contributed by atoms with E-state index in [0.29, 0.717) is 18.0 Å². The number of nitrogens with zero attached hydrogens (tertiary/aromatic N) is 1. The molecule has 2 fully saturated rings. The molecular formula is C16H19NO5S. The number of carbonyl (C=O) groups is 2. The monoisotopic (exact) mass is 337 g/mol. The molecule has 1 saturated carbocycles. The standard InChI is InChI=1S/C16H19NO5S/c1-23(21,22)12-6-4-11(5-7-12)15(18)17-8-13(10-2-3-10)14(9-17)16(19)20/h4-7,10,13-14H,2-3,8-9H2,1H3,(H,19,20)/t13-,14+/m0/s1. The van der Waals surface area contributed by atoms with E-state index in [1.165, 1.54) is 24.3 Å². The highest BCUT2D eigenvalue weighted by molar-refractivity contribution is 7.90. The number of hydrogen-bond acceptors (Lipinski definition) is 4. The van der Waals surface area contributed by atoms with Crippen LogP contribution in [0.1, 0.15) is 23.2 Å². The molecule has 1 heterocycles. The summed E-state index contributed by atoms with van der Waals surface area (Å²) in [5, 5.41) is 9.35. The molecule has 0 unspecified atom stereocenters. The number of amides is 1. The van der Waals surface area contributed by atoms with Crippen molar-refractivity contribution in [3.8, 4) is 0 Å². The Balaban J connectivity index is 1.77. The Bertz CT molecular complexity index is 736. The van der Waals surface area contributed by atoms with E-state index in [9.17, 15) is 23.1 Å². The van der Waals surface area contributed by atoms with Gasteiger partial charge in [0.15, 0.2) is 9.84 Å². The molecule has 7 heteroatoms. The zero-order chi connectivity index (χ0) is 16.8. The summed E-state index contributed by atoms with van der Waals surface area (Å²) in [4.78, 5) is 25.7. The highest BCUT2D eigenvalue weighted by Gasteiger charge is 2.46. The van der Waals surface area contributed by atoms with E-state index in [0.717, 1.165) is 19.1 Å². The lowest BCUT2D eigenvalue weighted by Gasteiger charge is -2.16. The largest absolute Gasteiger partial charge is 0.481 e. The normalized spacial score (nSPS) is 24.7. The maximum Gasteiger partial charge on any atom is 0.308 e. The van der Waals surface area contributed by atoms with E-state index in [2.05, 4.69) is 0 Å². The second-order valence-electron chi connectivity index (χ2n) is 6.45. The summed E-state index contributed by atoms with van der Waals surface area (Å²) < 4.78 is 22.9. The smallest absolute Gasteiger partial charge is 0.308 e. The highest BCUT2D eigenvalue weighted by atomic mass is 32.2. The van der Waals surface area contributed by atoms with Gasteiger partial charge >= 0.3 is 5.97 Å². The van der Waals surface area contributed by atoms with Crippen LogP contribution in [0.3, 0.4) is 0 Å². The third kappa shape index (κ3) is 3.24. The Morgan fingerprint density at radius 2 is 1.74 bits per heavy atom. The number of carboxylic acids is 1. The summed E-state index contributed by atoms with van der Waals surface area (Å²) in [5.41, 5.74) is 0.387. The lowest BCUT2D eigenvalue weighted by atomic mass is 9.92. The number of aliphatic carboxylic acids is 1. The van der Waals surface area contributed by atoms with Gasteiger partial charge in [-0.05, 0) is 48.9 Å². The minimum atomic E-state index is -3.30. The van der Waals surface area contributed by atoms with Gasteiger partial charge in [-0.1, -0.05) is 0 Å². The van der Waals surface area contributed by atoms with Gasteiger partial charge in [0.2, 0.25) is 0 Å². The van der Waals surface area contributed by atoms with Crippen LogP contribution in [0.2, 0.25) is 0 Å². The molecular weight excluding hydrogens is 318 g/mol. The van der Waals surface area contributed by atoms with E-state index in [4.69, 9.17) is 0 Å². The number of hydrogen-bond donors (Lipinski definition) is 1. The maximum atomic E-state index is 12.5. The summed E-state index contributed by atoms with van der Waals surface area (Å²) in [7, 11) is -3.30. The summed E-state index contributed by atoms with van der Waals surface area (Å²) in [6.07, 6.45) is 3.20. The predicted octanol–water partition coefficient (Wildman–Crippen LogP) is 1.27. The van der Waals surface area contributed by atoms with Crippen molar-refractivity contribution in [2.45, 2.75) is 17.7 Å². The lowest BCUT2D eigenvalue weighted by Crippen LogP contribution is -2.29. The molecule has 1 amide bonds. The summed E-state index contributed by atoms with van der Waals surface area (Å²) in [6, 6.07) is 5.79. The molecule has 1 N–H and O–H groups in total. The fourth-order valence-corrected chi connectivity index (χ4v) is 3.92. The fourth-order valence-electron chi connectivity index (χ4n) is 3.29.